The molecule has 1 heterocycles. The molecule has 0 aliphatic heterocycles. The van der Waals surface area contributed by atoms with Crippen molar-refractivity contribution in [1.29, 1.82) is 0 Å². The van der Waals surface area contributed by atoms with E-state index in [0.717, 1.165) is 10.4 Å². The lowest BCUT2D eigenvalue weighted by molar-refractivity contribution is -0.0500. The molecule has 88 valence electrons. The molecule has 1 aromatic heterocycles. The number of thiophene rings is 1. The third-order valence-corrected chi connectivity index (χ3v) is 3.08. The molecule has 2 aromatic rings. The largest absolute Gasteiger partial charge is 0.434 e. The second-order valence-electron chi connectivity index (χ2n) is 3.23. The van der Waals surface area contributed by atoms with Crippen LogP contribution in [0.15, 0.2) is 35.7 Å². The maximum atomic E-state index is 12.1. The molecular formula is C12H8F2O2S. The van der Waals surface area contributed by atoms with Crippen LogP contribution in [0.2, 0.25) is 0 Å². The zero-order chi connectivity index (χ0) is 12.3. The molecule has 0 N–H and O–H groups in total. The van der Waals surface area contributed by atoms with Crippen LogP contribution in [0.1, 0.15) is 10.4 Å². The molecule has 0 unspecified atom stereocenters. The monoisotopic (exact) mass is 254 g/mol. The molecule has 0 saturated carbocycles. The Morgan fingerprint density at radius 1 is 1.29 bits per heavy atom. The summed E-state index contributed by atoms with van der Waals surface area (Å²) in [6.07, 6.45) is 0.509. The van der Waals surface area contributed by atoms with Gasteiger partial charge < -0.3 is 4.74 Å². The first-order valence-electron chi connectivity index (χ1n) is 4.78. The molecule has 0 atom stereocenters. The number of carbonyl (C=O) groups excluding carboxylic acids is 1. The summed E-state index contributed by atoms with van der Waals surface area (Å²) in [5.74, 6) is -0.102. The second kappa shape index (κ2) is 5.05. The molecule has 17 heavy (non-hydrogen) atoms. The van der Waals surface area contributed by atoms with Crippen LogP contribution in [0.25, 0.3) is 10.4 Å². The van der Waals surface area contributed by atoms with Crippen molar-refractivity contribution in [2.24, 2.45) is 0 Å². The summed E-state index contributed by atoms with van der Waals surface area (Å²) in [5.41, 5.74) is 0.930. The van der Waals surface area contributed by atoms with Gasteiger partial charge in [0.2, 0.25) is 0 Å². The third kappa shape index (κ3) is 2.68. The first-order chi connectivity index (χ1) is 8.20. The second-order valence-corrected chi connectivity index (χ2v) is 4.17. The van der Waals surface area contributed by atoms with Gasteiger partial charge in [-0.2, -0.15) is 8.78 Å². The average molecular weight is 254 g/mol. The average Bonchev–Trinajstić information content (AvgIpc) is 2.82. The van der Waals surface area contributed by atoms with E-state index in [-0.39, 0.29) is 11.3 Å². The van der Waals surface area contributed by atoms with E-state index in [9.17, 15) is 13.6 Å². The van der Waals surface area contributed by atoms with Crippen molar-refractivity contribution in [3.63, 3.8) is 0 Å². The van der Waals surface area contributed by atoms with E-state index in [4.69, 9.17) is 0 Å². The molecule has 1 aromatic carbocycles. The Labute approximate surface area is 100 Å². The predicted octanol–water partition coefficient (Wildman–Crippen LogP) is 3.83. The van der Waals surface area contributed by atoms with Crippen molar-refractivity contribution >= 4 is 17.6 Å². The number of carbonyl (C=O) groups is 1. The molecule has 0 fully saturated rings. The highest BCUT2D eigenvalue weighted by Crippen LogP contribution is 2.29. The molecular weight excluding hydrogens is 246 g/mol. The van der Waals surface area contributed by atoms with Crippen LogP contribution in [0, 0.1) is 0 Å². The van der Waals surface area contributed by atoms with Gasteiger partial charge in [0.15, 0.2) is 6.29 Å². The summed E-state index contributed by atoms with van der Waals surface area (Å²) in [4.78, 5) is 11.8. The van der Waals surface area contributed by atoms with Gasteiger partial charge in [-0.15, -0.1) is 11.3 Å². The van der Waals surface area contributed by atoms with Gasteiger partial charge >= 0.3 is 6.61 Å². The lowest BCUT2D eigenvalue weighted by Crippen LogP contribution is -2.04. The predicted molar refractivity (Wildman–Crippen MR) is 61.8 cm³/mol. The quantitative estimate of drug-likeness (QED) is 0.775. The number of ether oxygens (including phenoxy) is 1. The highest BCUT2D eigenvalue weighted by Gasteiger charge is 2.10. The normalized spacial score (nSPS) is 10.5. The Hall–Kier alpha value is -1.75. The Kier molecular flexibility index (Phi) is 3.49. The number of hydrogen-bond donors (Lipinski definition) is 0. The van der Waals surface area contributed by atoms with Gasteiger partial charge in [-0.3, -0.25) is 4.79 Å². The molecule has 0 amide bonds. The van der Waals surface area contributed by atoms with E-state index in [1.807, 2.05) is 17.5 Å². The van der Waals surface area contributed by atoms with Gasteiger partial charge in [-0.05, 0) is 35.2 Å². The van der Waals surface area contributed by atoms with Crippen LogP contribution >= 0.6 is 11.3 Å². The van der Waals surface area contributed by atoms with Crippen LogP contribution in [0.3, 0.4) is 0 Å². The Bertz CT molecular complexity index is 509. The fourth-order valence-corrected chi connectivity index (χ4v) is 2.16. The number of alkyl halides is 2. The van der Waals surface area contributed by atoms with Gasteiger partial charge in [0.1, 0.15) is 5.75 Å². The molecule has 0 aliphatic carbocycles. The fourth-order valence-electron chi connectivity index (χ4n) is 1.44. The SMILES string of the molecule is O=Cc1cc(-c2cccs2)ccc1OC(F)F. The molecule has 0 radical (unpaired) electrons. The lowest BCUT2D eigenvalue weighted by Gasteiger charge is -2.08. The van der Waals surface area contributed by atoms with Gasteiger partial charge in [-0.1, -0.05) is 6.07 Å². The number of halogens is 2. The topological polar surface area (TPSA) is 26.3 Å². The summed E-state index contributed by atoms with van der Waals surface area (Å²) in [5, 5.41) is 1.90. The summed E-state index contributed by atoms with van der Waals surface area (Å²) < 4.78 is 28.4. The van der Waals surface area contributed by atoms with Gasteiger partial charge in [0.25, 0.3) is 0 Å². The number of hydrogen-bond acceptors (Lipinski definition) is 3. The van der Waals surface area contributed by atoms with Crippen LogP contribution < -0.4 is 4.74 Å². The molecule has 5 heteroatoms. The first-order valence-corrected chi connectivity index (χ1v) is 5.66. The fraction of sp³-hybridized carbons (Fsp3) is 0.0833. The highest BCUT2D eigenvalue weighted by molar-refractivity contribution is 7.13. The first kappa shape index (κ1) is 11.7. The molecule has 2 nitrogen and oxygen atoms in total. The summed E-state index contributed by atoms with van der Waals surface area (Å²) >= 11 is 1.51. The van der Waals surface area contributed by atoms with E-state index < -0.39 is 6.61 Å². The van der Waals surface area contributed by atoms with Crippen LogP contribution in [0.5, 0.6) is 5.75 Å². The smallest absolute Gasteiger partial charge is 0.387 e. The van der Waals surface area contributed by atoms with Crippen molar-refractivity contribution in [2.75, 3.05) is 0 Å². The van der Waals surface area contributed by atoms with E-state index in [0.29, 0.717) is 6.29 Å². The number of rotatable bonds is 4. The summed E-state index contributed by atoms with van der Waals surface area (Å²) in [6.45, 7) is -2.93. The maximum Gasteiger partial charge on any atom is 0.387 e. The minimum absolute atomic E-state index is 0.102. The molecule has 0 saturated heterocycles. The number of benzene rings is 1. The third-order valence-electron chi connectivity index (χ3n) is 2.16. The van der Waals surface area contributed by atoms with Gasteiger partial charge in [-0.25, -0.2) is 0 Å². The zero-order valence-corrected chi connectivity index (χ0v) is 9.42. The van der Waals surface area contributed by atoms with Crippen molar-refractivity contribution in [2.45, 2.75) is 6.61 Å². The van der Waals surface area contributed by atoms with Crippen molar-refractivity contribution in [1.82, 2.24) is 0 Å². The maximum absolute atomic E-state index is 12.1. The van der Waals surface area contributed by atoms with Gasteiger partial charge in [0.05, 0.1) is 5.56 Å². The van der Waals surface area contributed by atoms with E-state index in [1.54, 1.807) is 6.07 Å². The van der Waals surface area contributed by atoms with E-state index in [1.165, 1.54) is 23.5 Å². The van der Waals surface area contributed by atoms with Crippen LogP contribution in [-0.4, -0.2) is 12.9 Å². The summed E-state index contributed by atoms with van der Waals surface area (Å²) in [7, 11) is 0. The Balaban J connectivity index is 2.37. The van der Waals surface area contributed by atoms with Gasteiger partial charge in [0, 0.05) is 4.88 Å². The molecule has 0 spiro atoms. The summed E-state index contributed by atoms with van der Waals surface area (Å²) in [6, 6.07) is 8.34. The lowest BCUT2D eigenvalue weighted by atomic mass is 10.1. The minimum Gasteiger partial charge on any atom is -0.434 e. The van der Waals surface area contributed by atoms with E-state index in [2.05, 4.69) is 4.74 Å². The van der Waals surface area contributed by atoms with Crippen molar-refractivity contribution in [3.8, 4) is 16.2 Å². The van der Waals surface area contributed by atoms with Crippen LogP contribution in [-0.2, 0) is 0 Å². The van der Waals surface area contributed by atoms with Crippen molar-refractivity contribution < 1.29 is 18.3 Å². The zero-order valence-electron chi connectivity index (χ0n) is 8.60. The number of aldehydes is 1. The molecule has 2 rings (SSSR count). The molecule has 0 aliphatic rings. The minimum atomic E-state index is -2.93. The highest BCUT2D eigenvalue weighted by atomic mass is 32.1. The Morgan fingerprint density at radius 3 is 2.71 bits per heavy atom. The molecule has 0 bridgehead atoms. The van der Waals surface area contributed by atoms with Crippen LogP contribution in [0.4, 0.5) is 8.78 Å². The van der Waals surface area contributed by atoms with E-state index >= 15 is 0 Å². The Morgan fingerprint density at radius 2 is 2.12 bits per heavy atom. The van der Waals surface area contributed by atoms with Crippen molar-refractivity contribution in [3.05, 3.63) is 41.3 Å². The standard InChI is InChI=1S/C12H8F2O2S/c13-12(14)16-10-4-3-8(6-9(10)7-15)11-2-1-5-17-11/h1-7,12H.